The van der Waals surface area contributed by atoms with Crippen molar-refractivity contribution in [2.24, 2.45) is 0 Å². The van der Waals surface area contributed by atoms with E-state index in [4.69, 9.17) is 13.3 Å². The molecule has 136 valence electrons. The van der Waals surface area contributed by atoms with Crippen molar-refractivity contribution in [1.29, 1.82) is 0 Å². The van der Waals surface area contributed by atoms with Gasteiger partial charge in [0.2, 0.25) is 0 Å². The van der Waals surface area contributed by atoms with E-state index < -0.39 is 20.9 Å². The van der Waals surface area contributed by atoms with Crippen LogP contribution in [0.2, 0.25) is 6.04 Å². The van der Waals surface area contributed by atoms with E-state index >= 15 is 0 Å². The summed E-state index contributed by atoms with van der Waals surface area (Å²) in [7, 11) is -2.68. The van der Waals surface area contributed by atoms with Crippen LogP contribution >= 0.6 is 0 Å². The molecular formula is C13H29N3O6Si. The molecule has 0 bridgehead atoms. The number of nitrogens with one attached hydrogen (secondary N) is 3. The fraction of sp³-hybridized carbons (Fsp3) is 0.846. The molecule has 0 spiro atoms. The molecular weight excluding hydrogens is 322 g/mol. The lowest BCUT2D eigenvalue weighted by Gasteiger charge is -2.28. The molecule has 3 N–H and O–H groups in total. The first kappa shape index (κ1) is 21.6. The Bertz CT molecular complexity index is 329. The zero-order valence-corrected chi connectivity index (χ0v) is 15.4. The molecule has 0 radical (unpaired) electrons. The van der Waals surface area contributed by atoms with Crippen LogP contribution in [-0.2, 0) is 18.0 Å². The Morgan fingerprint density at radius 3 is 1.91 bits per heavy atom. The Morgan fingerprint density at radius 2 is 1.43 bits per heavy atom. The number of hydrogen-bond donors (Lipinski definition) is 3. The van der Waals surface area contributed by atoms with Gasteiger partial charge in [-0.1, -0.05) is 0 Å². The lowest BCUT2D eigenvalue weighted by Crippen LogP contribution is -2.48. The number of hydrogen-bond acceptors (Lipinski definition) is 6. The lowest BCUT2D eigenvalue weighted by molar-refractivity contribution is 0.0708. The summed E-state index contributed by atoms with van der Waals surface area (Å²) in [6.45, 7) is 9.54. The van der Waals surface area contributed by atoms with Crippen LogP contribution in [-0.4, -0.2) is 53.9 Å². The van der Waals surface area contributed by atoms with Crippen molar-refractivity contribution in [2.45, 2.75) is 40.2 Å². The topological polar surface area (TPSA) is 107 Å². The van der Waals surface area contributed by atoms with Crippen LogP contribution in [0, 0.1) is 0 Å². The lowest BCUT2D eigenvalue weighted by atomic mass is 10.5. The Balaban J connectivity index is 4.08. The van der Waals surface area contributed by atoms with Gasteiger partial charge in [0.05, 0.1) is 6.61 Å². The molecule has 10 heteroatoms. The van der Waals surface area contributed by atoms with Crippen molar-refractivity contribution in [2.75, 3.05) is 33.0 Å². The van der Waals surface area contributed by atoms with E-state index in [-0.39, 0.29) is 6.61 Å². The number of carbonyl (C=O) groups is 2. The van der Waals surface area contributed by atoms with Crippen LogP contribution in [0.1, 0.15) is 34.1 Å². The van der Waals surface area contributed by atoms with Crippen LogP contribution in [0.25, 0.3) is 0 Å². The minimum Gasteiger partial charge on any atom is -0.449 e. The number of urea groups is 1. The Kier molecular flexibility index (Phi) is 12.3. The molecule has 0 aliphatic rings. The fourth-order valence-electron chi connectivity index (χ4n) is 1.83. The van der Waals surface area contributed by atoms with Crippen molar-refractivity contribution >= 4 is 20.9 Å². The summed E-state index contributed by atoms with van der Waals surface area (Å²) >= 11 is 0. The van der Waals surface area contributed by atoms with Gasteiger partial charge in [0, 0.05) is 32.4 Å². The molecule has 0 fully saturated rings. The smallest absolute Gasteiger partial charge is 0.449 e. The molecule has 0 saturated carbocycles. The normalized spacial score (nSPS) is 11.0. The molecule has 3 amide bonds. The van der Waals surface area contributed by atoms with E-state index in [1.807, 2.05) is 20.8 Å². The van der Waals surface area contributed by atoms with Gasteiger partial charge in [-0.2, -0.15) is 0 Å². The van der Waals surface area contributed by atoms with Gasteiger partial charge in [0.15, 0.2) is 0 Å². The van der Waals surface area contributed by atoms with E-state index in [2.05, 4.69) is 20.9 Å². The maximum atomic E-state index is 11.5. The molecule has 0 aromatic heterocycles. The number of hydrazine groups is 1. The average molecular weight is 351 g/mol. The molecule has 0 aliphatic heterocycles. The summed E-state index contributed by atoms with van der Waals surface area (Å²) in [4.78, 5) is 22.5. The second-order valence-electron chi connectivity index (χ2n) is 4.31. The summed E-state index contributed by atoms with van der Waals surface area (Å²) in [6.07, 6.45) is -0.0721. The maximum Gasteiger partial charge on any atom is 0.500 e. The molecule has 0 aromatic rings. The summed E-state index contributed by atoms with van der Waals surface area (Å²) < 4.78 is 21.8. The minimum atomic E-state index is -2.68. The van der Waals surface area contributed by atoms with Crippen LogP contribution in [0.5, 0.6) is 0 Å². The Hall–Kier alpha value is -1.36. The predicted molar refractivity (Wildman–Crippen MR) is 86.7 cm³/mol. The first-order valence-electron chi connectivity index (χ1n) is 7.91. The zero-order valence-electron chi connectivity index (χ0n) is 14.4. The molecule has 0 saturated heterocycles. The summed E-state index contributed by atoms with van der Waals surface area (Å²) in [5.74, 6) is 0. The predicted octanol–water partition coefficient (Wildman–Crippen LogP) is 1.39. The first-order chi connectivity index (χ1) is 11.0. The number of carbonyl (C=O) groups excluding carboxylic acids is 2. The highest BCUT2D eigenvalue weighted by Crippen LogP contribution is 2.17. The highest BCUT2D eigenvalue weighted by atomic mass is 28.4. The minimum absolute atomic E-state index is 0.230. The van der Waals surface area contributed by atoms with E-state index in [0.29, 0.717) is 38.8 Å². The molecule has 23 heavy (non-hydrogen) atoms. The van der Waals surface area contributed by atoms with Crippen molar-refractivity contribution in [3.8, 4) is 0 Å². The van der Waals surface area contributed by atoms with Gasteiger partial charge in [-0.15, -0.1) is 0 Å². The van der Waals surface area contributed by atoms with Gasteiger partial charge in [0.25, 0.3) is 0 Å². The molecule has 0 rings (SSSR count). The van der Waals surface area contributed by atoms with E-state index in [1.165, 1.54) is 0 Å². The van der Waals surface area contributed by atoms with Gasteiger partial charge >= 0.3 is 20.9 Å². The van der Waals surface area contributed by atoms with Crippen molar-refractivity contribution < 1.29 is 27.6 Å². The third-order valence-corrected chi connectivity index (χ3v) is 5.74. The van der Waals surface area contributed by atoms with Crippen LogP contribution in [0.3, 0.4) is 0 Å². The van der Waals surface area contributed by atoms with Gasteiger partial charge < -0.3 is 23.3 Å². The average Bonchev–Trinajstić information content (AvgIpc) is 2.51. The molecule has 0 atom stereocenters. The van der Waals surface area contributed by atoms with Crippen molar-refractivity contribution in [3.63, 3.8) is 0 Å². The van der Waals surface area contributed by atoms with Crippen molar-refractivity contribution in [3.05, 3.63) is 0 Å². The van der Waals surface area contributed by atoms with Gasteiger partial charge in [0.1, 0.15) is 0 Å². The van der Waals surface area contributed by atoms with Crippen LogP contribution < -0.4 is 16.2 Å². The largest absolute Gasteiger partial charge is 0.500 e. The molecule has 0 aliphatic carbocycles. The molecule has 0 aromatic carbocycles. The van der Waals surface area contributed by atoms with E-state index in [0.717, 1.165) is 0 Å². The van der Waals surface area contributed by atoms with Gasteiger partial charge in [-0.3, -0.25) is 0 Å². The van der Waals surface area contributed by atoms with Crippen LogP contribution in [0.15, 0.2) is 0 Å². The van der Waals surface area contributed by atoms with E-state index in [1.54, 1.807) is 6.92 Å². The standard InChI is InChI=1S/C13H29N3O6Si/c1-5-19-13(18)16-15-12(17)14-10-9-11-23(20-6-2,21-7-3)22-8-4/h5-11H2,1-4H3,(H,16,18)(H2,14,15,17). The third-order valence-electron chi connectivity index (χ3n) is 2.59. The Labute approximate surface area is 138 Å². The zero-order chi connectivity index (χ0) is 17.6. The number of ether oxygens (including phenoxy) is 1. The molecule has 0 heterocycles. The highest BCUT2D eigenvalue weighted by molar-refractivity contribution is 6.60. The quantitative estimate of drug-likeness (QED) is 0.295. The molecule has 0 unspecified atom stereocenters. The SMILES string of the molecule is CCOC(=O)NNC(=O)NCCC[Si](OCC)(OCC)OCC. The summed E-state index contributed by atoms with van der Waals surface area (Å²) in [6, 6.07) is 0.0863. The second kappa shape index (κ2) is 13.1. The third kappa shape index (κ3) is 10.1. The Morgan fingerprint density at radius 1 is 0.870 bits per heavy atom. The first-order valence-corrected chi connectivity index (χ1v) is 9.85. The van der Waals surface area contributed by atoms with E-state index in [9.17, 15) is 9.59 Å². The van der Waals surface area contributed by atoms with Gasteiger partial charge in [-0.25, -0.2) is 20.4 Å². The van der Waals surface area contributed by atoms with Crippen molar-refractivity contribution in [1.82, 2.24) is 16.2 Å². The summed E-state index contributed by atoms with van der Waals surface area (Å²) in [5, 5.41) is 2.61. The second-order valence-corrected chi connectivity index (χ2v) is 7.04. The summed E-state index contributed by atoms with van der Waals surface area (Å²) in [5.41, 5.74) is 4.30. The highest BCUT2D eigenvalue weighted by Gasteiger charge is 2.39. The maximum absolute atomic E-state index is 11.5. The number of amides is 3. The fourth-order valence-corrected chi connectivity index (χ4v) is 4.44. The van der Waals surface area contributed by atoms with Crippen LogP contribution in [0.4, 0.5) is 9.59 Å². The monoisotopic (exact) mass is 351 g/mol. The number of rotatable bonds is 11. The van der Waals surface area contributed by atoms with Gasteiger partial charge in [-0.05, 0) is 34.1 Å². The molecule has 9 nitrogen and oxygen atoms in total.